The van der Waals surface area contributed by atoms with E-state index >= 15 is 0 Å². The number of benzene rings is 2. The Hall–Kier alpha value is -2.70. The van der Waals surface area contributed by atoms with Crippen LogP contribution >= 0.6 is 11.6 Å². The summed E-state index contributed by atoms with van der Waals surface area (Å²) in [5.41, 5.74) is 2.72. The third kappa shape index (κ3) is 8.44. The fraction of sp³-hybridized carbons (Fsp3) is 0.634. The molecule has 0 spiro atoms. The number of fused-ring (bicyclic) bond motifs is 4. The Balaban J connectivity index is 1.24. The first-order valence-corrected chi connectivity index (χ1v) is 21.6. The van der Waals surface area contributed by atoms with Gasteiger partial charge in [0.05, 0.1) is 10.9 Å². The standard InChI is InChI=1S/C41H56ClFN4O5S/c1-28-7-6-16-41(51-3,27-45-19-20-46-18-15-35(43)23-36(46)25-45)37-13-10-32(37)24-47-17-5-4-8-30-21-34(42)12-9-33(30)26-52-39-14-11-31(22-38(39)47)40(48)44-53(49,50)29(28)2/h6,9,11-12,14,16,21-22,28-29,32,35-37H,4-5,7-8,10,13,15,17-20,23-27H2,1-3H3,(H,44,48)/b16-6+/t28-,29+,32-,35+,36+,37+,41+/m0/s1. The molecule has 12 heteroatoms. The van der Waals surface area contributed by atoms with E-state index in [0.29, 0.717) is 49.1 Å². The van der Waals surface area contributed by atoms with Crippen LogP contribution in [0.5, 0.6) is 5.75 Å². The van der Waals surface area contributed by atoms with Gasteiger partial charge in [-0.05, 0) is 118 Å². The molecule has 1 aliphatic carbocycles. The molecule has 2 aromatic rings. The zero-order valence-electron chi connectivity index (χ0n) is 31.4. The minimum absolute atomic E-state index is 0.209. The summed E-state index contributed by atoms with van der Waals surface area (Å²) in [5.74, 6) is 0.285. The molecule has 290 valence electrons. The lowest BCUT2D eigenvalue weighted by Gasteiger charge is -2.53. The molecule has 2 saturated heterocycles. The molecule has 1 saturated carbocycles. The van der Waals surface area contributed by atoms with E-state index in [-0.39, 0.29) is 23.4 Å². The number of allylic oxidation sites excluding steroid dienone is 1. The Kier molecular flexibility index (Phi) is 11.8. The Bertz CT molecular complexity index is 1780. The summed E-state index contributed by atoms with van der Waals surface area (Å²) in [6, 6.07) is 11.4. The van der Waals surface area contributed by atoms with E-state index in [4.69, 9.17) is 21.1 Å². The summed E-state index contributed by atoms with van der Waals surface area (Å²) < 4.78 is 57.3. The number of halogens is 2. The van der Waals surface area contributed by atoms with Gasteiger partial charge in [0.25, 0.3) is 5.91 Å². The van der Waals surface area contributed by atoms with Crippen molar-refractivity contribution in [1.82, 2.24) is 14.5 Å². The van der Waals surface area contributed by atoms with Gasteiger partial charge >= 0.3 is 0 Å². The third-order valence-electron chi connectivity index (χ3n) is 13.0. The maximum Gasteiger partial charge on any atom is 0.264 e. The molecule has 2 aromatic carbocycles. The number of rotatable bonds is 3. The van der Waals surface area contributed by atoms with E-state index in [2.05, 4.69) is 31.6 Å². The van der Waals surface area contributed by atoms with Crippen molar-refractivity contribution in [3.05, 3.63) is 70.3 Å². The largest absolute Gasteiger partial charge is 0.487 e. The highest BCUT2D eigenvalue weighted by molar-refractivity contribution is 7.90. The molecule has 1 N–H and O–H groups in total. The Morgan fingerprint density at radius 2 is 1.87 bits per heavy atom. The fourth-order valence-corrected chi connectivity index (χ4v) is 10.8. The number of sulfonamides is 1. The van der Waals surface area contributed by atoms with Crippen molar-refractivity contribution in [2.75, 3.05) is 57.8 Å². The van der Waals surface area contributed by atoms with Crippen LogP contribution in [0.4, 0.5) is 10.1 Å². The normalized spacial score (nSPS) is 33.5. The number of ether oxygens (including phenoxy) is 2. The quantitative estimate of drug-likeness (QED) is 0.348. The lowest BCUT2D eigenvalue weighted by atomic mass is 9.63. The van der Waals surface area contributed by atoms with Crippen LogP contribution in [0.2, 0.25) is 5.02 Å². The van der Waals surface area contributed by atoms with Crippen molar-refractivity contribution in [2.24, 2.45) is 17.8 Å². The van der Waals surface area contributed by atoms with Gasteiger partial charge in [-0.3, -0.25) is 14.6 Å². The number of nitrogens with zero attached hydrogens (tertiary/aromatic N) is 3. The number of piperidine rings is 1. The van der Waals surface area contributed by atoms with Crippen LogP contribution in [0.15, 0.2) is 48.6 Å². The number of alkyl halides is 1. The van der Waals surface area contributed by atoms with Crippen LogP contribution in [0.3, 0.4) is 0 Å². The molecule has 0 unspecified atom stereocenters. The molecule has 2 bridgehead atoms. The number of hydrogen-bond donors (Lipinski definition) is 1. The predicted octanol–water partition coefficient (Wildman–Crippen LogP) is 6.64. The third-order valence-corrected chi connectivity index (χ3v) is 15.1. The van der Waals surface area contributed by atoms with Gasteiger partial charge in [0, 0.05) is 69.6 Å². The number of carbonyl (C=O) groups excluding carboxylic acids is 1. The summed E-state index contributed by atoms with van der Waals surface area (Å²) in [6.45, 7) is 9.59. The molecular formula is C41H56ClFN4O5S. The SMILES string of the molecule is CO[C@@]1(CN2CCN3CC[C@@H](F)C[C@@H]3C2)/C=C/C[C@H](C)[C@@H](C)S(=O)(=O)NC(=O)c2ccc3c(c2)N(CCCCc2cc(Cl)ccc2CO3)C[C@@H]2CC[C@H]21. The Labute approximate surface area is 320 Å². The average molecular weight is 771 g/mol. The first-order valence-electron chi connectivity index (χ1n) is 19.6. The highest BCUT2D eigenvalue weighted by Gasteiger charge is 2.49. The second kappa shape index (κ2) is 16.2. The fourth-order valence-electron chi connectivity index (χ4n) is 9.32. The Morgan fingerprint density at radius 1 is 1.02 bits per heavy atom. The molecule has 4 heterocycles. The van der Waals surface area contributed by atoms with Crippen LogP contribution in [-0.2, 0) is 27.8 Å². The van der Waals surface area contributed by atoms with Crippen LogP contribution < -0.4 is 14.4 Å². The smallest absolute Gasteiger partial charge is 0.264 e. The summed E-state index contributed by atoms with van der Waals surface area (Å²) >= 11 is 6.40. The zero-order valence-corrected chi connectivity index (χ0v) is 33.0. The van der Waals surface area contributed by atoms with E-state index in [1.165, 1.54) is 5.56 Å². The predicted molar refractivity (Wildman–Crippen MR) is 208 cm³/mol. The van der Waals surface area contributed by atoms with Crippen LogP contribution in [0, 0.1) is 17.8 Å². The maximum absolute atomic E-state index is 14.5. The average Bonchev–Trinajstić information content (AvgIpc) is 3.15. The molecular weight excluding hydrogens is 715 g/mol. The molecule has 7 atom stereocenters. The van der Waals surface area contributed by atoms with Crippen LogP contribution in [-0.4, -0.2) is 100 Å². The second-order valence-corrected chi connectivity index (χ2v) is 18.7. The molecule has 1 amide bonds. The van der Waals surface area contributed by atoms with Gasteiger partial charge in [0.1, 0.15) is 24.1 Å². The van der Waals surface area contributed by atoms with Gasteiger partial charge in [-0.2, -0.15) is 0 Å². The first kappa shape index (κ1) is 38.6. The topological polar surface area (TPSA) is 91.4 Å². The van der Waals surface area contributed by atoms with E-state index in [0.717, 1.165) is 82.6 Å². The van der Waals surface area contributed by atoms with Gasteiger partial charge in [-0.15, -0.1) is 0 Å². The molecule has 53 heavy (non-hydrogen) atoms. The highest BCUT2D eigenvalue weighted by atomic mass is 35.5. The number of anilines is 1. The summed E-state index contributed by atoms with van der Waals surface area (Å²) in [6.07, 6.45) is 10.1. The van der Waals surface area contributed by atoms with E-state index in [9.17, 15) is 17.6 Å². The van der Waals surface area contributed by atoms with Gasteiger partial charge in [-0.1, -0.05) is 36.7 Å². The molecule has 3 fully saturated rings. The first-order chi connectivity index (χ1) is 25.4. The van der Waals surface area contributed by atoms with Crippen molar-refractivity contribution in [3.8, 4) is 5.75 Å². The van der Waals surface area contributed by atoms with E-state index < -0.39 is 33.0 Å². The zero-order chi connectivity index (χ0) is 37.3. The summed E-state index contributed by atoms with van der Waals surface area (Å²) in [7, 11) is -2.17. The number of hydrogen-bond acceptors (Lipinski definition) is 8. The van der Waals surface area contributed by atoms with Gasteiger partial charge in [0.2, 0.25) is 10.0 Å². The number of amides is 1. The second-order valence-electron chi connectivity index (χ2n) is 16.2. The molecule has 0 radical (unpaired) electrons. The maximum atomic E-state index is 14.5. The van der Waals surface area contributed by atoms with Gasteiger partial charge in [-0.25, -0.2) is 17.5 Å². The summed E-state index contributed by atoms with van der Waals surface area (Å²) in [5, 5.41) is -0.1000. The minimum Gasteiger partial charge on any atom is -0.487 e. The van der Waals surface area contributed by atoms with E-state index in [1.807, 2.05) is 32.2 Å². The van der Waals surface area contributed by atoms with Crippen molar-refractivity contribution in [2.45, 2.75) is 94.9 Å². The molecule has 9 nitrogen and oxygen atoms in total. The molecule has 0 aromatic heterocycles. The molecule has 5 aliphatic rings. The lowest BCUT2D eigenvalue weighted by molar-refractivity contribution is -0.101. The number of aryl methyl sites for hydroxylation is 1. The van der Waals surface area contributed by atoms with Crippen molar-refractivity contribution in [3.63, 3.8) is 0 Å². The van der Waals surface area contributed by atoms with Crippen molar-refractivity contribution < 1.29 is 27.1 Å². The van der Waals surface area contributed by atoms with E-state index in [1.54, 1.807) is 25.1 Å². The van der Waals surface area contributed by atoms with Crippen LogP contribution in [0.1, 0.15) is 80.3 Å². The summed E-state index contributed by atoms with van der Waals surface area (Å²) in [4.78, 5) is 20.9. The Morgan fingerprint density at radius 3 is 2.66 bits per heavy atom. The number of piperazine rings is 1. The number of methoxy groups -OCH3 is 1. The monoisotopic (exact) mass is 770 g/mol. The molecule has 7 rings (SSSR count). The van der Waals surface area contributed by atoms with Crippen molar-refractivity contribution in [1.29, 1.82) is 0 Å². The van der Waals surface area contributed by atoms with Crippen molar-refractivity contribution >= 4 is 33.2 Å². The molecule has 4 aliphatic heterocycles. The van der Waals surface area contributed by atoms with Gasteiger partial charge in [0.15, 0.2) is 0 Å². The highest BCUT2D eigenvalue weighted by Crippen LogP contribution is 2.47. The number of carbonyl (C=O) groups is 1. The number of nitrogens with one attached hydrogen (secondary N) is 1. The van der Waals surface area contributed by atoms with Gasteiger partial charge < -0.3 is 14.4 Å². The van der Waals surface area contributed by atoms with Crippen LogP contribution in [0.25, 0.3) is 0 Å². The lowest BCUT2D eigenvalue weighted by Crippen LogP contribution is -2.61. The minimum atomic E-state index is -3.98.